The van der Waals surface area contributed by atoms with Crippen LogP contribution in [0.1, 0.15) is 26.2 Å². The molecular formula is C10H16NO+. The number of hydrogen-bond donors (Lipinski definition) is 0. The molecule has 66 valence electrons. The van der Waals surface area contributed by atoms with E-state index in [0.29, 0.717) is 6.04 Å². The summed E-state index contributed by atoms with van der Waals surface area (Å²) < 4.78 is 2.06. The predicted octanol–water partition coefficient (Wildman–Crippen LogP) is 1.40. The standard InChI is InChI=1S/C10H16NO/c1-9(12)6-7-10-5-3-4-8-11(10)2/h6-7,10H,2-5,8H2,1H3/q+1/b7-6+/t10-/m0/s1. The second-order valence-corrected chi connectivity index (χ2v) is 3.35. The fourth-order valence-corrected chi connectivity index (χ4v) is 1.48. The largest absolute Gasteiger partial charge is 0.295 e. The molecule has 0 aliphatic carbocycles. The minimum Gasteiger partial charge on any atom is -0.295 e. The van der Waals surface area contributed by atoms with Crippen LogP contribution in [0.5, 0.6) is 0 Å². The van der Waals surface area contributed by atoms with E-state index in [4.69, 9.17) is 0 Å². The summed E-state index contributed by atoms with van der Waals surface area (Å²) in [6.07, 6.45) is 7.22. The Morgan fingerprint density at radius 1 is 1.58 bits per heavy atom. The maximum Gasteiger partial charge on any atom is 0.171 e. The summed E-state index contributed by atoms with van der Waals surface area (Å²) >= 11 is 0. The fourth-order valence-electron chi connectivity index (χ4n) is 1.48. The third kappa shape index (κ3) is 2.61. The van der Waals surface area contributed by atoms with Crippen molar-refractivity contribution in [1.82, 2.24) is 0 Å². The molecule has 0 N–H and O–H groups in total. The van der Waals surface area contributed by atoms with E-state index in [0.717, 1.165) is 13.0 Å². The number of allylic oxidation sites excluding steroid dienone is 1. The van der Waals surface area contributed by atoms with Crippen molar-refractivity contribution in [3.63, 3.8) is 0 Å². The topological polar surface area (TPSA) is 20.1 Å². The van der Waals surface area contributed by atoms with E-state index < -0.39 is 0 Å². The third-order valence-corrected chi connectivity index (χ3v) is 2.22. The van der Waals surface area contributed by atoms with Crippen LogP contribution < -0.4 is 0 Å². The molecule has 12 heavy (non-hydrogen) atoms. The minimum absolute atomic E-state index is 0.119. The summed E-state index contributed by atoms with van der Waals surface area (Å²) in [7, 11) is 0. The molecule has 0 saturated carbocycles. The molecule has 1 saturated heterocycles. The smallest absolute Gasteiger partial charge is 0.171 e. The summed E-state index contributed by atoms with van der Waals surface area (Å²) in [4.78, 5) is 10.7. The number of ketones is 1. The van der Waals surface area contributed by atoms with Gasteiger partial charge in [0.1, 0.15) is 13.3 Å². The summed E-state index contributed by atoms with van der Waals surface area (Å²) in [6.45, 7) is 6.55. The minimum atomic E-state index is 0.119. The summed E-state index contributed by atoms with van der Waals surface area (Å²) in [5.41, 5.74) is 0. The molecule has 0 bridgehead atoms. The second kappa shape index (κ2) is 4.19. The van der Waals surface area contributed by atoms with E-state index in [2.05, 4.69) is 11.3 Å². The molecule has 1 aliphatic rings. The molecule has 1 heterocycles. The van der Waals surface area contributed by atoms with Crippen molar-refractivity contribution in [2.24, 2.45) is 0 Å². The monoisotopic (exact) mass is 166 g/mol. The van der Waals surface area contributed by atoms with Crippen LogP contribution in [0.15, 0.2) is 12.2 Å². The van der Waals surface area contributed by atoms with Crippen molar-refractivity contribution in [1.29, 1.82) is 0 Å². The molecular weight excluding hydrogens is 150 g/mol. The molecule has 0 aromatic carbocycles. The molecule has 1 rings (SSSR count). The van der Waals surface area contributed by atoms with E-state index >= 15 is 0 Å². The molecule has 0 aromatic rings. The Bertz CT molecular complexity index is 218. The van der Waals surface area contributed by atoms with Gasteiger partial charge >= 0.3 is 0 Å². The first kappa shape index (κ1) is 9.17. The van der Waals surface area contributed by atoms with Crippen LogP contribution in [-0.2, 0) is 4.79 Å². The average Bonchev–Trinajstić information content (AvgIpc) is 2.03. The number of nitrogens with zero attached hydrogens (tertiary/aromatic N) is 1. The van der Waals surface area contributed by atoms with Crippen molar-refractivity contribution in [2.45, 2.75) is 32.2 Å². The van der Waals surface area contributed by atoms with Crippen LogP contribution >= 0.6 is 0 Å². The molecule has 0 unspecified atom stereocenters. The number of carbonyl (C=O) groups excluding carboxylic acids is 1. The molecule has 0 aromatic heterocycles. The number of rotatable bonds is 2. The summed E-state index contributed by atoms with van der Waals surface area (Å²) in [6, 6.07) is 0.377. The van der Waals surface area contributed by atoms with Gasteiger partial charge < -0.3 is 0 Å². The van der Waals surface area contributed by atoms with Crippen LogP contribution in [0.25, 0.3) is 0 Å². The van der Waals surface area contributed by atoms with Gasteiger partial charge in [-0.15, -0.1) is 0 Å². The zero-order valence-electron chi connectivity index (χ0n) is 7.62. The summed E-state index contributed by atoms with van der Waals surface area (Å²) in [5, 5.41) is 0. The van der Waals surface area contributed by atoms with E-state index in [9.17, 15) is 4.79 Å². The Balaban J connectivity index is 2.49. The lowest BCUT2D eigenvalue weighted by atomic mass is 10.0. The Kier molecular flexibility index (Phi) is 3.20. The SMILES string of the molecule is C=[N+]1CCCC[C@H]1/C=C/C(C)=O. The van der Waals surface area contributed by atoms with Gasteiger partial charge in [0, 0.05) is 12.8 Å². The lowest BCUT2D eigenvalue weighted by Gasteiger charge is -2.16. The Labute approximate surface area is 73.6 Å². The highest BCUT2D eigenvalue weighted by atomic mass is 16.1. The third-order valence-electron chi connectivity index (χ3n) is 2.22. The molecule has 1 fully saturated rings. The molecule has 0 radical (unpaired) electrons. The molecule has 1 aliphatic heterocycles. The predicted molar refractivity (Wildman–Crippen MR) is 49.7 cm³/mol. The lowest BCUT2D eigenvalue weighted by Crippen LogP contribution is -2.28. The van der Waals surface area contributed by atoms with Crippen LogP contribution in [0.4, 0.5) is 0 Å². The van der Waals surface area contributed by atoms with Gasteiger partial charge in [-0.25, -0.2) is 4.58 Å². The van der Waals surface area contributed by atoms with Crippen molar-refractivity contribution < 1.29 is 9.37 Å². The second-order valence-electron chi connectivity index (χ2n) is 3.35. The van der Waals surface area contributed by atoms with Gasteiger partial charge in [0.05, 0.1) is 0 Å². The fraction of sp³-hybridized carbons (Fsp3) is 0.600. The van der Waals surface area contributed by atoms with E-state index in [-0.39, 0.29) is 5.78 Å². The Morgan fingerprint density at radius 3 is 2.92 bits per heavy atom. The van der Waals surface area contributed by atoms with Crippen molar-refractivity contribution in [3.8, 4) is 0 Å². The van der Waals surface area contributed by atoms with Crippen LogP contribution in [0.2, 0.25) is 0 Å². The zero-order valence-corrected chi connectivity index (χ0v) is 7.62. The number of piperidine rings is 1. The van der Waals surface area contributed by atoms with Gasteiger partial charge in [-0.1, -0.05) is 0 Å². The maximum absolute atomic E-state index is 10.7. The molecule has 0 spiro atoms. The first-order valence-electron chi connectivity index (χ1n) is 4.46. The average molecular weight is 166 g/mol. The first-order valence-corrected chi connectivity index (χ1v) is 4.46. The van der Waals surface area contributed by atoms with E-state index in [1.165, 1.54) is 12.8 Å². The Hall–Kier alpha value is -0.920. The van der Waals surface area contributed by atoms with Gasteiger partial charge in [-0.2, -0.15) is 0 Å². The van der Waals surface area contributed by atoms with Gasteiger partial charge in [0.2, 0.25) is 0 Å². The lowest BCUT2D eigenvalue weighted by molar-refractivity contribution is -0.556. The highest BCUT2D eigenvalue weighted by Crippen LogP contribution is 2.12. The normalized spacial score (nSPS) is 24.8. The van der Waals surface area contributed by atoms with Gasteiger partial charge in [0.25, 0.3) is 0 Å². The van der Waals surface area contributed by atoms with Gasteiger partial charge in [-0.05, 0) is 25.5 Å². The highest BCUT2D eigenvalue weighted by molar-refractivity contribution is 5.87. The van der Waals surface area contributed by atoms with Crippen LogP contribution in [0, 0.1) is 0 Å². The maximum atomic E-state index is 10.7. The quantitative estimate of drug-likeness (QED) is 0.448. The molecule has 2 nitrogen and oxygen atoms in total. The van der Waals surface area contributed by atoms with Gasteiger partial charge in [0.15, 0.2) is 11.8 Å². The van der Waals surface area contributed by atoms with Crippen molar-refractivity contribution >= 4 is 12.5 Å². The first-order chi connectivity index (χ1) is 5.70. The molecule has 2 heteroatoms. The number of carbonyl (C=O) groups is 1. The number of hydrogen-bond acceptors (Lipinski definition) is 1. The van der Waals surface area contributed by atoms with Crippen LogP contribution in [-0.4, -0.2) is 29.7 Å². The highest BCUT2D eigenvalue weighted by Gasteiger charge is 2.19. The Morgan fingerprint density at radius 2 is 2.33 bits per heavy atom. The van der Waals surface area contributed by atoms with Crippen molar-refractivity contribution in [2.75, 3.05) is 6.54 Å². The molecule has 1 atom stereocenters. The van der Waals surface area contributed by atoms with Crippen LogP contribution in [0.3, 0.4) is 0 Å². The zero-order chi connectivity index (χ0) is 8.97. The van der Waals surface area contributed by atoms with Crippen molar-refractivity contribution in [3.05, 3.63) is 12.2 Å². The molecule has 0 amide bonds. The van der Waals surface area contributed by atoms with Gasteiger partial charge in [-0.3, -0.25) is 4.79 Å². The van der Waals surface area contributed by atoms with E-state index in [1.807, 2.05) is 6.08 Å². The van der Waals surface area contributed by atoms with E-state index in [1.54, 1.807) is 13.0 Å². The summed E-state index contributed by atoms with van der Waals surface area (Å²) in [5.74, 6) is 0.119.